The number of hydrogen-bond donors (Lipinski definition) is 1. The molecule has 3 nitrogen and oxygen atoms in total. The largest absolute Gasteiger partial charge is 0.493 e. The van der Waals surface area contributed by atoms with E-state index in [0.29, 0.717) is 0 Å². The van der Waals surface area contributed by atoms with Crippen LogP contribution in [0.1, 0.15) is 18.5 Å². The number of benzene rings is 2. The van der Waals surface area contributed by atoms with Crippen LogP contribution in [0, 0.1) is 0 Å². The fraction of sp³-hybridized carbons (Fsp3) is 0.286. The lowest BCUT2D eigenvalue weighted by molar-refractivity contribution is 0.356. The Morgan fingerprint density at radius 2 is 1.53 bits per heavy atom. The molecule has 0 saturated heterocycles. The second-order valence-corrected chi connectivity index (χ2v) is 4.10. The third-order valence-electron chi connectivity index (χ3n) is 2.89. The average Bonchev–Trinajstić information content (AvgIpc) is 2.36. The summed E-state index contributed by atoms with van der Waals surface area (Å²) in [4.78, 5) is 0. The number of hydrogen-bond acceptors (Lipinski definition) is 3. The van der Waals surface area contributed by atoms with Gasteiger partial charge in [0.05, 0.1) is 14.2 Å². The molecule has 2 aromatic rings. The molecule has 1 atom stereocenters. The Hall–Kier alpha value is -1.74. The van der Waals surface area contributed by atoms with Gasteiger partial charge in [-0.2, -0.15) is 0 Å². The van der Waals surface area contributed by atoms with Crippen LogP contribution in [0.2, 0.25) is 0 Å². The van der Waals surface area contributed by atoms with E-state index in [1.54, 1.807) is 14.2 Å². The van der Waals surface area contributed by atoms with Gasteiger partial charge in [-0.25, -0.2) is 0 Å². The molecule has 0 bridgehead atoms. The summed E-state index contributed by atoms with van der Waals surface area (Å²) in [6, 6.07) is 10.2. The molecular weight excluding hydrogens is 214 g/mol. The molecule has 0 aliphatic rings. The maximum Gasteiger partial charge on any atom is 0.161 e. The monoisotopic (exact) mass is 231 g/mol. The van der Waals surface area contributed by atoms with Gasteiger partial charge in [0.15, 0.2) is 11.5 Å². The Labute approximate surface area is 101 Å². The number of ether oxygens (including phenoxy) is 2. The summed E-state index contributed by atoms with van der Waals surface area (Å²) >= 11 is 0. The predicted octanol–water partition coefficient (Wildman–Crippen LogP) is 2.88. The Morgan fingerprint density at radius 3 is 2.06 bits per heavy atom. The molecule has 0 amide bonds. The van der Waals surface area contributed by atoms with E-state index in [1.165, 1.54) is 0 Å². The van der Waals surface area contributed by atoms with Crippen molar-refractivity contribution in [1.29, 1.82) is 0 Å². The molecule has 0 heterocycles. The van der Waals surface area contributed by atoms with Crippen LogP contribution in [0.15, 0.2) is 30.3 Å². The van der Waals surface area contributed by atoms with Crippen molar-refractivity contribution < 1.29 is 9.47 Å². The molecule has 0 fully saturated rings. The predicted molar refractivity (Wildman–Crippen MR) is 69.7 cm³/mol. The van der Waals surface area contributed by atoms with Gasteiger partial charge in [-0.15, -0.1) is 0 Å². The molecule has 0 radical (unpaired) electrons. The standard InChI is InChI=1S/C14H17NO2/c1-9(15)10-4-5-11-7-13(16-2)14(17-3)8-12(11)6-10/h4-9H,15H2,1-3H3/t9-/m0/s1. The van der Waals surface area contributed by atoms with Crippen molar-refractivity contribution in [3.05, 3.63) is 35.9 Å². The molecule has 2 aromatic carbocycles. The molecule has 0 unspecified atom stereocenters. The van der Waals surface area contributed by atoms with Crippen LogP contribution in [0.5, 0.6) is 11.5 Å². The van der Waals surface area contributed by atoms with Gasteiger partial charge < -0.3 is 15.2 Å². The lowest BCUT2D eigenvalue weighted by Crippen LogP contribution is -2.04. The highest BCUT2D eigenvalue weighted by molar-refractivity contribution is 5.86. The van der Waals surface area contributed by atoms with E-state index in [9.17, 15) is 0 Å². The van der Waals surface area contributed by atoms with Crippen molar-refractivity contribution in [2.75, 3.05) is 14.2 Å². The summed E-state index contributed by atoms with van der Waals surface area (Å²) in [5.41, 5.74) is 6.99. The SMILES string of the molecule is COc1cc2ccc([C@H](C)N)cc2cc1OC. The molecule has 0 spiro atoms. The lowest BCUT2D eigenvalue weighted by Gasteiger charge is -2.11. The van der Waals surface area contributed by atoms with Gasteiger partial charge >= 0.3 is 0 Å². The van der Waals surface area contributed by atoms with Crippen molar-refractivity contribution >= 4 is 10.8 Å². The molecule has 0 aromatic heterocycles. The molecular formula is C14H17NO2. The van der Waals surface area contributed by atoms with E-state index in [1.807, 2.05) is 25.1 Å². The first kappa shape index (κ1) is 11.7. The maximum atomic E-state index is 5.88. The van der Waals surface area contributed by atoms with Gasteiger partial charge in [-0.3, -0.25) is 0 Å². The highest BCUT2D eigenvalue weighted by Gasteiger charge is 2.07. The lowest BCUT2D eigenvalue weighted by atomic mass is 10.0. The first-order valence-corrected chi connectivity index (χ1v) is 5.57. The van der Waals surface area contributed by atoms with E-state index in [2.05, 4.69) is 12.1 Å². The van der Waals surface area contributed by atoms with Gasteiger partial charge in [0, 0.05) is 6.04 Å². The van der Waals surface area contributed by atoms with E-state index < -0.39 is 0 Å². The summed E-state index contributed by atoms with van der Waals surface area (Å²) in [6.07, 6.45) is 0. The Morgan fingerprint density at radius 1 is 0.941 bits per heavy atom. The Bertz CT molecular complexity index is 535. The Kier molecular flexibility index (Phi) is 3.20. The number of nitrogens with two attached hydrogens (primary N) is 1. The molecule has 90 valence electrons. The molecule has 0 saturated carbocycles. The van der Waals surface area contributed by atoms with Crippen LogP contribution >= 0.6 is 0 Å². The van der Waals surface area contributed by atoms with Crippen molar-refractivity contribution in [2.24, 2.45) is 5.73 Å². The topological polar surface area (TPSA) is 44.5 Å². The number of methoxy groups -OCH3 is 2. The molecule has 0 aliphatic heterocycles. The average molecular weight is 231 g/mol. The van der Waals surface area contributed by atoms with Crippen LogP contribution in [0.4, 0.5) is 0 Å². The van der Waals surface area contributed by atoms with E-state index in [0.717, 1.165) is 27.8 Å². The van der Waals surface area contributed by atoms with Crippen LogP contribution in [-0.2, 0) is 0 Å². The van der Waals surface area contributed by atoms with Gasteiger partial charge in [-0.1, -0.05) is 12.1 Å². The van der Waals surface area contributed by atoms with Gasteiger partial charge in [0.2, 0.25) is 0 Å². The number of rotatable bonds is 3. The summed E-state index contributed by atoms with van der Waals surface area (Å²) in [5.74, 6) is 1.48. The van der Waals surface area contributed by atoms with Crippen LogP contribution in [0.3, 0.4) is 0 Å². The maximum absolute atomic E-state index is 5.88. The number of fused-ring (bicyclic) bond motifs is 1. The fourth-order valence-corrected chi connectivity index (χ4v) is 1.88. The van der Waals surface area contributed by atoms with Gasteiger partial charge in [0.1, 0.15) is 0 Å². The van der Waals surface area contributed by atoms with Crippen molar-refractivity contribution in [2.45, 2.75) is 13.0 Å². The summed E-state index contributed by atoms with van der Waals surface area (Å²) < 4.78 is 10.6. The normalized spacial score (nSPS) is 12.5. The quantitative estimate of drug-likeness (QED) is 0.883. The van der Waals surface area contributed by atoms with Gasteiger partial charge in [-0.05, 0) is 41.5 Å². The summed E-state index contributed by atoms with van der Waals surface area (Å²) in [7, 11) is 3.28. The zero-order valence-electron chi connectivity index (χ0n) is 10.4. The first-order valence-electron chi connectivity index (χ1n) is 5.57. The molecule has 0 aliphatic carbocycles. The molecule has 3 heteroatoms. The van der Waals surface area contributed by atoms with Crippen LogP contribution < -0.4 is 15.2 Å². The molecule has 2 rings (SSSR count). The smallest absolute Gasteiger partial charge is 0.161 e. The van der Waals surface area contributed by atoms with Crippen LogP contribution in [0.25, 0.3) is 10.8 Å². The van der Waals surface area contributed by atoms with E-state index in [-0.39, 0.29) is 6.04 Å². The second kappa shape index (κ2) is 4.63. The summed E-state index contributed by atoms with van der Waals surface area (Å²) in [5, 5.41) is 2.23. The molecule has 2 N–H and O–H groups in total. The minimum Gasteiger partial charge on any atom is -0.493 e. The fourth-order valence-electron chi connectivity index (χ4n) is 1.88. The highest BCUT2D eigenvalue weighted by Crippen LogP contribution is 2.32. The highest BCUT2D eigenvalue weighted by atomic mass is 16.5. The second-order valence-electron chi connectivity index (χ2n) is 4.10. The van der Waals surface area contributed by atoms with E-state index in [4.69, 9.17) is 15.2 Å². The third kappa shape index (κ3) is 2.19. The third-order valence-corrected chi connectivity index (χ3v) is 2.89. The van der Waals surface area contributed by atoms with Gasteiger partial charge in [0.25, 0.3) is 0 Å². The minimum absolute atomic E-state index is 0.0347. The first-order chi connectivity index (χ1) is 8.15. The Balaban J connectivity index is 2.62. The minimum atomic E-state index is 0.0347. The van der Waals surface area contributed by atoms with Crippen molar-refractivity contribution in [3.63, 3.8) is 0 Å². The van der Waals surface area contributed by atoms with E-state index >= 15 is 0 Å². The van der Waals surface area contributed by atoms with Crippen molar-refractivity contribution in [1.82, 2.24) is 0 Å². The zero-order chi connectivity index (χ0) is 12.4. The zero-order valence-corrected chi connectivity index (χ0v) is 10.4. The van der Waals surface area contributed by atoms with Crippen molar-refractivity contribution in [3.8, 4) is 11.5 Å². The molecule has 17 heavy (non-hydrogen) atoms. The summed E-state index contributed by atoms with van der Waals surface area (Å²) in [6.45, 7) is 1.97. The van der Waals surface area contributed by atoms with Crippen LogP contribution in [-0.4, -0.2) is 14.2 Å².